The van der Waals surface area contributed by atoms with Crippen LogP contribution < -0.4 is 24.8 Å². The normalized spacial score (nSPS) is 11.0. The molecule has 0 aliphatic rings. The Morgan fingerprint density at radius 2 is 1.64 bits per heavy atom. The molecule has 0 unspecified atom stereocenters. The van der Waals surface area contributed by atoms with Gasteiger partial charge in [0.05, 0.1) is 31.9 Å². The molecule has 0 radical (unpaired) electrons. The number of nitrogens with zero attached hydrogens (tertiary/aromatic N) is 1. The highest BCUT2D eigenvalue weighted by atomic mass is 16.6. The predicted octanol–water partition coefficient (Wildman–Crippen LogP) is 1.92. The van der Waals surface area contributed by atoms with E-state index in [1.165, 1.54) is 52.5 Å². The second-order valence-electron chi connectivity index (χ2n) is 6.55. The standard InChI is InChI=1S/C21H23N3O9/c1-12(20(26)23-17-9-14(24(28)29)5-6-18(17)32-4)33-19(25)11-22-21(27)13-7-15(30-2)10-16(8-13)31-3/h5-10,12H,11H2,1-4H3,(H,22,27)(H,23,26)/t12-/m1/s1. The Bertz CT molecular complexity index is 1030. The number of non-ortho nitro benzene ring substituents is 1. The molecular weight excluding hydrogens is 438 g/mol. The molecule has 12 nitrogen and oxygen atoms in total. The molecule has 0 heterocycles. The van der Waals surface area contributed by atoms with E-state index in [0.717, 1.165) is 6.07 Å². The van der Waals surface area contributed by atoms with Gasteiger partial charge in [0.2, 0.25) is 0 Å². The van der Waals surface area contributed by atoms with Crippen molar-refractivity contribution >= 4 is 29.2 Å². The van der Waals surface area contributed by atoms with Crippen molar-refractivity contribution in [3.63, 3.8) is 0 Å². The number of methoxy groups -OCH3 is 3. The molecule has 1 atom stereocenters. The Kier molecular flexibility index (Phi) is 8.55. The number of nitro benzene ring substituents is 1. The van der Waals surface area contributed by atoms with E-state index in [0.29, 0.717) is 11.5 Å². The number of hydrogen-bond acceptors (Lipinski definition) is 9. The number of anilines is 1. The Hall–Kier alpha value is -4.35. The van der Waals surface area contributed by atoms with Gasteiger partial charge in [-0.3, -0.25) is 24.5 Å². The van der Waals surface area contributed by atoms with Gasteiger partial charge in [-0.2, -0.15) is 0 Å². The number of hydrogen-bond donors (Lipinski definition) is 2. The molecule has 2 N–H and O–H groups in total. The first-order valence-electron chi connectivity index (χ1n) is 9.52. The molecule has 2 aromatic carbocycles. The van der Waals surface area contributed by atoms with Crippen molar-refractivity contribution in [2.45, 2.75) is 13.0 Å². The highest BCUT2D eigenvalue weighted by Crippen LogP contribution is 2.29. The fourth-order valence-corrected chi connectivity index (χ4v) is 2.63. The molecule has 0 fully saturated rings. The number of ether oxygens (including phenoxy) is 4. The van der Waals surface area contributed by atoms with Crippen LogP contribution in [0.3, 0.4) is 0 Å². The summed E-state index contributed by atoms with van der Waals surface area (Å²) in [4.78, 5) is 47.1. The summed E-state index contributed by atoms with van der Waals surface area (Å²) in [6, 6.07) is 8.18. The molecule has 2 amide bonds. The zero-order chi connectivity index (χ0) is 24.5. The molecular formula is C21H23N3O9. The fraction of sp³-hybridized carbons (Fsp3) is 0.286. The Morgan fingerprint density at radius 3 is 2.18 bits per heavy atom. The van der Waals surface area contributed by atoms with E-state index in [1.54, 1.807) is 6.07 Å². The average molecular weight is 461 g/mol. The van der Waals surface area contributed by atoms with Gasteiger partial charge in [0, 0.05) is 23.8 Å². The van der Waals surface area contributed by atoms with E-state index in [1.807, 2.05) is 0 Å². The number of nitrogens with one attached hydrogen (secondary N) is 2. The predicted molar refractivity (Wildman–Crippen MR) is 116 cm³/mol. The second-order valence-corrected chi connectivity index (χ2v) is 6.55. The summed E-state index contributed by atoms with van der Waals surface area (Å²) in [5, 5.41) is 15.8. The van der Waals surface area contributed by atoms with E-state index in [4.69, 9.17) is 18.9 Å². The number of esters is 1. The van der Waals surface area contributed by atoms with Crippen LogP contribution >= 0.6 is 0 Å². The van der Waals surface area contributed by atoms with Gasteiger partial charge < -0.3 is 29.6 Å². The highest BCUT2D eigenvalue weighted by molar-refractivity contribution is 5.98. The van der Waals surface area contributed by atoms with Gasteiger partial charge in [0.15, 0.2) is 6.10 Å². The zero-order valence-corrected chi connectivity index (χ0v) is 18.4. The molecule has 12 heteroatoms. The first kappa shape index (κ1) is 24.9. The molecule has 0 aliphatic carbocycles. The maximum absolute atomic E-state index is 12.4. The zero-order valence-electron chi connectivity index (χ0n) is 18.4. The molecule has 0 aromatic heterocycles. The molecule has 0 spiro atoms. The summed E-state index contributed by atoms with van der Waals surface area (Å²) >= 11 is 0. The molecule has 176 valence electrons. The molecule has 2 rings (SSSR count). The maximum Gasteiger partial charge on any atom is 0.326 e. The van der Waals surface area contributed by atoms with E-state index in [-0.39, 0.29) is 22.7 Å². The van der Waals surface area contributed by atoms with Crippen LogP contribution in [0.1, 0.15) is 17.3 Å². The van der Waals surface area contributed by atoms with E-state index in [9.17, 15) is 24.5 Å². The smallest absolute Gasteiger partial charge is 0.326 e. The number of benzene rings is 2. The summed E-state index contributed by atoms with van der Waals surface area (Å²) in [5.74, 6) is -1.22. The fourth-order valence-electron chi connectivity index (χ4n) is 2.63. The first-order chi connectivity index (χ1) is 15.7. The lowest BCUT2D eigenvalue weighted by Gasteiger charge is -2.15. The van der Waals surface area contributed by atoms with Crippen molar-refractivity contribution in [2.24, 2.45) is 0 Å². The van der Waals surface area contributed by atoms with Gasteiger partial charge in [-0.25, -0.2) is 0 Å². The van der Waals surface area contributed by atoms with Crippen molar-refractivity contribution in [3.05, 3.63) is 52.1 Å². The average Bonchev–Trinajstić information content (AvgIpc) is 2.81. The van der Waals surface area contributed by atoms with E-state index >= 15 is 0 Å². The lowest BCUT2D eigenvalue weighted by atomic mass is 10.2. The number of amides is 2. The number of carbonyl (C=O) groups is 3. The SMILES string of the molecule is COc1cc(OC)cc(C(=O)NCC(=O)O[C@H](C)C(=O)Nc2cc([N+](=O)[O-])ccc2OC)c1. The summed E-state index contributed by atoms with van der Waals surface area (Å²) in [6.07, 6.45) is -1.25. The van der Waals surface area contributed by atoms with Gasteiger partial charge in [-0.15, -0.1) is 0 Å². The molecule has 2 aromatic rings. The maximum atomic E-state index is 12.4. The van der Waals surface area contributed by atoms with Crippen LogP contribution in [0.2, 0.25) is 0 Å². The lowest BCUT2D eigenvalue weighted by Crippen LogP contribution is -2.35. The van der Waals surface area contributed by atoms with Crippen LogP contribution in [0.4, 0.5) is 11.4 Å². The molecule has 0 aliphatic heterocycles. The van der Waals surface area contributed by atoms with Gasteiger partial charge in [-0.1, -0.05) is 0 Å². The molecule has 0 bridgehead atoms. The minimum absolute atomic E-state index is 0.0415. The molecule has 0 saturated carbocycles. The lowest BCUT2D eigenvalue weighted by molar-refractivity contribution is -0.384. The quantitative estimate of drug-likeness (QED) is 0.307. The van der Waals surface area contributed by atoms with E-state index < -0.39 is 35.4 Å². The Labute approximate surface area is 188 Å². The largest absolute Gasteiger partial charge is 0.497 e. The summed E-state index contributed by atoms with van der Waals surface area (Å²) in [7, 11) is 4.20. The number of rotatable bonds is 10. The third-order valence-corrected chi connectivity index (χ3v) is 4.34. The van der Waals surface area contributed by atoms with Gasteiger partial charge in [0.25, 0.3) is 17.5 Å². The van der Waals surface area contributed by atoms with Crippen molar-refractivity contribution in [3.8, 4) is 17.2 Å². The monoisotopic (exact) mass is 461 g/mol. The third kappa shape index (κ3) is 6.82. The number of carbonyl (C=O) groups excluding carboxylic acids is 3. The minimum Gasteiger partial charge on any atom is -0.497 e. The first-order valence-corrected chi connectivity index (χ1v) is 9.52. The summed E-state index contributed by atoms with van der Waals surface area (Å²) in [5.41, 5.74) is -0.0185. The van der Waals surface area contributed by atoms with Gasteiger partial charge in [-0.05, 0) is 25.1 Å². The van der Waals surface area contributed by atoms with Crippen LogP contribution in [0.25, 0.3) is 0 Å². The van der Waals surface area contributed by atoms with Crippen molar-refractivity contribution in [1.82, 2.24) is 5.32 Å². The minimum atomic E-state index is -1.25. The van der Waals surface area contributed by atoms with Crippen LogP contribution in [0, 0.1) is 10.1 Å². The second kappa shape index (κ2) is 11.3. The Morgan fingerprint density at radius 1 is 1.00 bits per heavy atom. The van der Waals surface area contributed by atoms with Gasteiger partial charge >= 0.3 is 5.97 Å². The number of nitro groups is 1. The summed E-state index contributed by atoms with van der Waals surface area (Å²) < 4.78 is 20.3. The highest BCUT2D eigenvalue weighted by Gasteiger charge is 2.21. The summed E-state index contributed by atoms with van der Waals surface area (Å²) in [6.45, 7) is 0.807. The van der Waals surface area contributed by atoms with Crippen molar-refractivity contribution < 1.29 is 38.3 Å². The van der Waals surface area contributed by atoms with Crippen LogP contribution in [-0.4, -0.2) is 56.7 Å². The van der Waals surface area contributed by atoms with Crippen molar-refractivity contribution in [2.75, 3.05) is 33.2 Å². The third-order valence-electron chi connectivity index (χ3n) is 4.34. The molecule has 33 heavy (non-hydrogen) atoms. The van der Waals surface area contributed by atoms with Gasteiger partial charge in [0.1, 0.15) is 23.8 Å². The Balaban J connectivity index is 1.95. The molecule has 0 saturated heterocycles. The topological polar surface area (TPSA) is 155 Å². The van der Waals surface area contributed by atoms with E-state index in [2.05, 4.69) is 10.6 Å². The van der Waals surface area contributed by atoms with Crippen molar-refractivity contribution in [1.29, 1.82) is 0 Å². The van der Waals surface area contributed by atoms with Crippen LogP contribution in [0.5, 0.6) is 17.2 Å². The van der Waals surface area contributed by atoms with Crippen LogP contribution in [0.15, 0.2) is 36.4 Å². The van der Waals surface area contributed by atoms with Crippen LogP contribution in [-0.2, 0) is 14.3 Å².